The van der Waals surface area contributed by atoms with Gasteiger partial charge in [-0.1, -0.05) is 12.1 Å². The fraction of sp³-hybridized carbons (Fsp3) is 0.316. The van der Waals surface area contributed by atoms with Gasteiger partial charge in [0.1, 0.15) is 5.56 Å². The predicted octanol–water partition coefficient (Wildman–Crippen LogP) is 1.96. The molecule has 0 fully saturated rings. The molecule has 0 atom stereocenters. The molecule has 0 spiro atoms. The molecule has 25 heavy (non-hydrogen) atoms. The number of rotatable bonds is 5. The van der Waals surface area contributed by atoms with Gasteiger partial charge in [-0.15, -0.1) is 0 Å². The molecular weight excluding hydrogens is 316 g/mol. The van der Waals surface area contributed by atoms with Crippen molar-refractivity contribution in [2.24, 2.45) is 0 Å². The Bertz CT molecular complexity index is 973. The Morgan fingerprint density at radius 2 is 2.24 bits per heavy atom. The van der Waals surface area contributed by atoms with Crippen LogP contribution in [0.5, 0.6) is 0 Å². The maximum atomic E-state index is 12.7. The zero-order valence-corrected chi connectivity index (χ0v) is 13.9. The van der Waals surface area contributed by atoms with Crippen LogP contribution in [0.25, 0.3) is 10.9 Å². The van der Waals surface area contributed by atoms with E-state index in [-0.39, 0.29) is 16.9 Å². The third-order valence-electron chi connectivity index (χ3n) is 4.71. The minimum absolute atomic E-state index is 0.179. The highest BCUT2D eigenvalue weighted by atomic mass is 16.2. The number of amides is 1. The standard InChI is InChI=1S/C19H20N4O2/c24-18-15-6-1-4-14-5-2-10-23(17(14)15)12-16(18)19(25)21-7-3-9-22-11-8-20-13-22/h1,4,6,8,11-13H,2-3,5,7,9-10H2,(H,21,25). The monoisotopic (exact) mass is 336 g/mol. The molecule has 0 unspecified atom stereocenters. The van der Waals surface area contributed by atoms with E-state index in [2.05, 4.69) is 20.9 Å². The van der Waals surface area contributed by atoms with Crippen molar-refractivity contribution in [3.8, 4) is 0 Å². The average Bonchev–Trinajstić information content (AvgIpc) is 3.15. The number of pyridine rings is 1. The summed E-state index contributed by atoms with van der Waals surface area (Å²) in [5.41, 5.74) is 2.22. The Morgan fingerprint density at radius 1 is 1.32 bits per heavy atom. The van der Waals surface area contributed by atoms with Crippen molar-refractivity contribution in [1.29, 1.82) is 0 Å². The molecule has 0 bridgehead atoms. The lowest BCUT2D eigenvalue weighted by molar-refractivity contribution is 0.0951. The second-order valence-corrected chi connectivity index (χ2v) is 6.39. The Hall–Kier alpha value is -2.89. The van der Waals surface area contributed by atoms with Crippen LogP contribution in [0.15, 0.2) is 47.9 Å². The lowest BCUT2D eigenvalue weighted by Gasteiger charge is -2.20. The zero-order chi connectivity index (χ0) is 17.2. The molecule has 6 nitrogen and oxygen atoms in total. The van der Waals surface area contributed by atoms with Gasteiger partial charge in [-0.3, -0.25) is 9.59 Å². The van der Waals surface area contributed by atoms with Crippen LogP contribution in [0.1, 0.15) is 28.8 Å². The number of para-hydroxylation sites is 1. The molecular formula is C19H20N4O2. The molecule has 1 amide bonds. The maximum Gasteiger partial charge on any atom is 0.256 e. The fourth-order valence-corrected chi connectivity index (χ4v) is 3.50. The van der Waals surface area contributed by atoms with Gasteiger partial charge in [0.15, 0.2) is 0 Å². The van der Waals surface area contributed by atoms with E-state index in [0.29, 0.717) is 11.9 Å². The Labute approximate surface area is 145 Å². The molecule has 1 aromatic carbocycles. The van der Waals surface area contributed by atoms with E-state index in [0.717, 1.165) is 37.9 Å². The number of nitrogens with one attached hydrogen (secondary N) is 1. The first-order valence-electron chi connectivity index (χ1n) is 8.63. The van der Waals surface area contributed by atoms with Gasteiger partial charge < -0.3 is 14.5 Å². The van der Waals surface area contributed by atoms with Crippen LogP contribution in [0.2, 0.25) is 0 Å². The van der Waals surface area contributed by atoms with Crippen molar-refractivity contribution in [2.45, 2.75) is 32.4 Å². The zero-order valence-electron chi connectivity index (χ0n) is 13.9. The molecule has 0 saturated heterocycles. The highest BCUT2D eigenvalue weighted by molar-refractivity contribution is 5.97. The van der Waals surface area contributed by atoms with Crippen molar-refractivity contribution in [3.05, 3.63) is 64.5 Å². The summed E-state index contributed by atoms with van der Waals surface area (Å²) in [4.78, 5) is 29.2. The summed E-state index contributed by atoms with van der Waals surface area (Å²) in [6.07, 6.45) is 9.89. The third kappa shape index (κ3) is 2.95. The van der Waals surface area contributed by atoms with Gasteiger partial charge in [-0.2, -0.15) is 0 Å². The van der Waals surface area contributed by atoms with Crippen LogP contribution in [0.3, 0.4) is 0 Å². The van der Waals surface area contributed by atoms with Gasteiger partial charge in [0.05, 0.1) is 11.8 Å². The highest BCUT2D eigenvalue weighted by Gasteiger charge is 2.18. The summed E-state index contributed by atoms with van der Waals surface area (Å²) in [5.74, 6) is -0.294. The molecule has 0 aliphatic carbocycles. The number of carbonyl (C=O) groups excluding carboxylic acids is 1. The van der Waals surface area contributed by atoms with E-state index in [1.807, 2.05) is 22.9 Å². The Morgan fingerprint density at radius 3 is 3.08 bits per heavy atom. The van der Waals surface area contributed by atoms with Crippen LogP contribution < -0.4 is 10.7 Å². The molecule has 0 radical (unpaired) electrons. The highest BCUT2D eigenvalue weighted by Crippen LogP contribution is 2.23. The molecule has 3 heterocycles. The lowest BCUT2D eigenvalue weighted by atomic mass is 10.00. The van der Waals surface area contributed by atoms with E-state index < -0.39 is 0 Å². The molecule has 1 aliphatic heterocycles. The number of imidazole rings is 1. The lowest BCUT2D eigenvalue weighted by Crippen LogP contribution is -2.31. The van der Waals surface area contributed by atoms with Crippen molar-refractivity contribution in [1.82, 2.24) is 19.4 Å². The minimum Gasteiger partial charge on any atom is -0.352 e. The second kappa shape index (κ2) is 6.55. The summed E-state index contributed by atoms with van der Waals surface area (Å²) in [6, 6.07) is 5.79. The van der Waals surface area contributed by atoms with E-state index in [9.17, 15) is 9.59 Å². The largest absolute Gasteiger partial charge is 0.352 e. The number of carbonyl (C=O) groups is 1. The third-order valence-corrected chi connectivity index (χ3v) is 4.71. The van der Waals surface area contributed by atoms with Crippen LogP contribution in [-0.2, 0) is 19.5 Å². The number of hydrogen-bond acceptors (Lipinski definition) is 3. The number of benzene rings is 1. The first-order valence-corrected chi connectivity index (χ1v) is 8.63. The molecule has 3 aromatic rings. The van der Waals surface area contributed by atoms with Crippen molar-refractivity contribution in [2.75, 3.05) is 6.54 Å². The maximum absolute atomic E-state index is 12.7. The molecule has 4 rings (SSSR count). The van der Waals surface area contributed by atoms with Crippen LogP contribution in [0.4, 0.5) is 0 Å². The predicted molar refractivity (Wildman–Crippen MR) is 95.7 cm³/mol. The van der Waals surface area contributed by atoms with Gasteiger partial charge in [0.2, 0.25) is 5.43 Å². The molecule has 1 N–H and O–H groups in total. The normalized spacial score (nSPS) is 13.1. The van der Waals surface area contributed by atoms with Crippen LogP contribution >= 0.6 is 0 Å². The number of aromatic nitrogens is 3. The van der Waals surface area contributed by atoms with Gasteiger partial charge >= 0.3 is 0 Å². The summed E-state index contributed by atoms with van der Waals surface area (Å²) in [7, 11) is 0. The smallest absolute Gasteiger partial charge is 0.256 e. The SMILES string of the molecule is O=C(NCCCn1ccnc1)c1cn2c3c(cccc3c1=O)CCC2. The van der Waals surface area contributed by atoms with Crippen molar-refractivity contribution < 1.29 is 4.79 Å². The first-order chi connectivity index (χ1) is 12.2. The number of hydrogen-bond donors (Lipinski definition) is 1. The van der Waals surface area contributed by atoms with Gasteiger partial charge in [0.25, 0.3) is 5.91 Å². The van der Waals surface area contributed by atoms with Gasteiger partial charge in [-0.25, -0.2) is 4.98 Å². The van der Waals surface area contributed by atoms with Crippen molar-refractivity contribution >= 4 is 16.8 Å². The topological polar surface area (TPSA) is 68.9 Å². The van der Waals surface area contributed by atoms with Gasteiger partial charge in [-0.05, 0) is 30.9 Å². The van der Waals surface area contributed by atoms with Gasteiger partial charge in [0, 0.05) is 43.6 Å². The van der Waals surface area contributed by atoms with E-state index in [1.54, 1.807) is 18.7 Å². The fourth-order valence-electron chi connectivity index (χ4n) is 3.50. The molecule has 2 aromatic heterocycles. The number of aryl methyl sites for hydroxylation is 3. The Balaban J connectivity index is 1.54. The van der Waals surface area contributed by atoms with E-state index >= 15 is 0 Å². The molecule has 0 saturated carbocycles. The summed E-state index contributed by atoms with van der Waals surface area (Å²) in [5, 5.41) is 3.51. The average molecular weight is 336 g/mol. The second-order valence-electron chi connectivity index (χ2n) is 6.39. The summed E-state index contributed by atoms with van der Waals surface area (Å²) < 4.78 is 4.01. The van der Waals surface area contributed by atoms with Crippen molar-refractivity contribution in [3.63, 3.8) is 0 Å². The van der Waals surface area contributed by atoms with E-state index in [1.165, 1.54) is 5.56 Å². The summed E-state index contributed by atoms with van der Waals surface area (Å²) in [6.45, 7) is 2.15. The first kappa shape index (κ1) is 15.6. The Kier molecular flexibility index (Phi) is 4.09. The minimum atomic E-state index is -0.294. The molecule has 6 heteroatoms. The summed E-state index contributed by atoms with van der Waals surface area (Å²) >= 11 is 0. The molecule has 128 valence electrons. The van der Waals surface area contributed by atoms with Crippen LogP contribution in [-0.4, -0.2) is 26.6 Å². The van der Waals surface area contributed by atoms with E-state index in [4.69, 9.17) is 0 Å². The van der Waals surface area contributed by atoms with Crippen LogP contribution in [0, 0.1) is 0 Å². The quantitative estimate of drug-likeness (QED) is 0.724. The number of nitrogens with zero attached hydrogens (tertiary/aromatic N) is 3. The molecule has 1 aliphatic rings.